The van der Waals surface area contributed by atoms with Crippen LogP contribution in [0.3, 0.4) is 0 Å². The monoisotopic (exact) mass is 346 g/mol. The second-order valence-electron chi connectivity index (χ2n) is 6.35. The molecule has 0 aromatic carbocycles. The Morgan fingerprint density at radius 2 is 2.25 bits per heavy atom. The molecule has 3 heterocycles. The van der Waals surface area contributed by atoms with Crippen LogP contribution in [0.4, 0.5) is 0 Å². The molecule has 0 spiro atoms. The van der Waals surface area contributed by atoms with Crippen LogP contribution in [0.25, 0.3) is 0 Å². The van der Waals surface area contributed by atoms with Crippen LogP contribution in [0.15, 0.2) is 29.8 Å². The molecule has 0 bridgehead atoms. The van der Waals surface area contributed by atoms with Crippen molar-refractivity contribution in [3.05, 3.63) is 40.3 Å². The van der Waals surface area contributed by atoms with E-state index in [1.165, 1.54) is 0 Å². The highest BCUT2D eigenvalue weighted by Gasteiger charge is 2.30. The predicted molar refractivity (Wildman–Crippen MR) is 92.3 cm³/mol. The van der Waals surface area contributed by atoms with E-state index in [4.69, 9.17) is 0 Å². The molecule has 2 aromatic heterocycles. The van der Waals surface area contributed by atoms with Crippen molar-refractivity contribution in [2.45, 2.75) is 39.4 Å². The van der Waals surface area contributed by atoms with Crippen LogP contribution >= 0.6 is 11.3 Å². The van der Waals surface area contributed by atoms with Gasteiger partial charge in [0.2, 0.25) is 11.8 Å². The number of rotatable bonds is 5. The van der Waals surface area contributed by atoms with E-state index in [1.807, 2.05) is 47.0 Å². The molecule has 3 rings (SSSR count). The number of thiophene rings is 1. The number of nitrogens with zero attached hydrogens (tertiary/aromatic N) is 3. The number of hydrogen-bond acceptors (Lipinski definition) is 4. The Kier molecular flexibility index (Phi) is 4.99. The third-order valence-corrected chi connectivity index (χ3v) is 5.02. The molecule has 128 valence electrons. The number of fused-ring (bicyclic) bond motifs is 1. The maximum absolute atomic E-state index is 12.3. The van der Waals surface area contributed by atoms with Gasteiger partial charge in [0, 0.05) is 23.5 Å². The summed E-state index contributed by atoms with van der Waals surface area (Å²) in [6, 6.07) is 5.77. The normalized spacial score (nSPS) is 17.0. The molecule has 2 aromatic rings. The summed E-state index contributed by atoms with van der Waals surface area (Å²) >= 11 is 1.62. The fourth-order valence-corrected chi connectivity index (χ4v) is 3.60. The molecule has 1 aliphatic heterocycles. The second kappa shape index (κ2) is 7.17. The third-order valence-electron chi connectivity index (χ3n) is 4.15. The van der Waals surface area contributed by atoms with Crippen molar-refractivity contribution in [3.63, 3.8) is 0 Å². The molecule has 0 aliphatic carbocycles. The lowest BCUT2D eigenvalue weighted by Crippen LogP contribution is -2.44. The van der Waals surface area contributed by atoms with E-state index in [2.05, 4.69) is 10.4 Å². The van der Waals surface area contributed by atoms with E-state index < -0.39 is 0 Å². The number of carbonyl (C=O) groups excluding carboxylic acids is 2. The number of carbonyl (C=O) groups is 2. The van der Waals surface area contributed by atoms with Gasteiger partial charge in [0.15, 0.2) is 0 Å². The van der Waals surface area contributed by atoms with Crippen molar-refractivity contribution in [1.82, 2.24) is 20.0 Å². The largest absolute Gasteiger partial charge is 0.351 e. The van der Waals surface area contributed by atoms with E-state index in [-0.39, 0.29) is 23.8 Å². The minimum absolute atomic E-state index is 0.0197. The van der Waals surface area contributed by atoms with Gasteiger partial charge in [0.25, 0.3) is 0 Å². The van der Waals surface area contributed by atoms with Crippen molar-refractivity contribution >= 4 is 23.2 Å². The van der Waals surface area contributed by atoms with Gasteiger partial charge in [-0.2, -0.15) is 5.10 Å². The van der Waals surface area contributed by atoms with Crippen LogP contribution in [-0.4, -0.2) is 33.0 Å². The van der Waals surface area contributed by atoms with Crippen LogP contribution in [0.5, 0.6) is 0 Å². The summed E-state index contributed by atoms with van der Waals surface area (Å²) in [5.74, 6) is 0.0490. The first kappa shape index (κ1) is 16.7. The van der Waals surface area contributed by atoms with Crippen molar-refractivity contribution < 1.29 is 9.59 Å². The minimum Gasteiger partial charge on any atom is -0.351 e. The number of hydrogen-bond donors (Lipinski definition) is 1. The second-order valence-corrected chi connectivity index (χ2v) is 7.39. The van der Waals surface area contributed by atoms with Crippen molar-refractivity contribution in [2.75, 3.05) is 6.54 Å². The average Bonchev–Trinajstić information content (AvgIpc) is 3.23. The molecule has 7 heteroatoms. The summed E-state index contributed by atoms with van der Waals surface area (Å²) in [6.07, 6.45) is 2.05. The summed E-state index contributed by atoms with van der Waals surface area (Å²) in [5.41, 5.74) is 0.978. The highest BCUT2D eigenvalue weighted by Crippen LogP contribution is 2.24. The molecule has 1 unspecified atom stereocenters. The zero-order chi connectivity index (χ0) is 17.1. The van der Waals surface area contributed by atoms with Crippen LogP contribution in [0, 0.1) is 5.92 Å². The molecular formula is C17H22N4O2S. The molecule has 1 N–H and O–H groups in total. The van der Waals surface area contributed by atoms with E-state index in [0.29, 0.717) is 26.1 Å². The first-order valence-corrected chi connectivity index (χ1v) is 9.03. The lowest BCUT2D eigenvalue weighted by molar-refractivity contribution is -0.137. The van der Waals surface area contributed by atoms with E-state index in [1.54, 1.807) is 17.5 Å². The standard InChI is InChI=1S/C17H22N4O2S/c1-12(2)17(23)20-10-13-5-6-19-21(13)14(11-20)8-16(22)18-9-15-4-3-7-24-15/h3-7,12,14H,8-11H2,1-2H3,(H,18,22). The van der Waals surface area contributed by atoms with Crippen molar-refractivity contribution in [3.8, 4) is 0 Å². The van der Waals surface area contributed by atoms with Gasteiger partial charge in [-0.15, -0.1) is 11.3 Å². The van der Waals surface area contributed by atoms with Gasteiger partial charge < -0.3 is 10.2 Å². The summed E-state index contributed by atoms with van der Waals surface area (Å²) < 4.78 is 1.88. The van der Waals surface area contributed by atoms with Gasteiger partial charge in [0.1, 0.15) is 0 Å². The molecule has 0 saturated heterocycles. The van der Waals surface area contributed by atoms with Gasteiger partial charge in [-0.3, -0.25) is 14.3 Å². The van der Waals surface area contributed by atoms with Crippen molar-refractivity contribution in [2.24, 2.45) is 5.92 Å². The quantitative estimate of drug-likeness (QED) is 0.902. The molecule has 0 saturated carbocycles. The zero-order valence-corrected chi connectivity index (χ0v) is 14.8. The van der Waals surface area contributed by atoms with E-state index in [9.17, 15) is 9.59 Å². The number of amides is 2. The minimum atomic E-state index is -0.116. The van der Waals surface area contributed by atoms with Crippen molar-refractivity contribution in [1.29, 1.82) is 0 Å². The summed E-state index contributed by atoms with van der Waals surface area (Å²) in [6.45, 7) is 5.43. The molecule has 6 nitrogen and oxygen atoms in total. The summed E-state index contributed by atoms with van der Waals surface area (Å²) in [5, 5.41) is 9.28. The van der Waals surface area contributed by atoms with Gasteiger partial charge in [0.05, 0.1) is 31.2 Å². The fourth-order valence-electron chi connectivity index (χ4n) is 2.96. The Morgan fingerprint density at radius 3 is 2.96 bits per heavy atom. The molecular weight excluding hydrogens is 324 g/mol. The predicted octanol–water partition coefficient (Wildman–Crippen LogP) is 2.19. The number of nitrogens with one attached hydrogen (secondary N) is 1. The van der Waals surface area contributed by atoms with Gasteiger partial charge in [-0.1, -0.05) is 19.9 Å². The van der Waals surface area contributed by atoms with Crippen LogP contribution < -0.4 is 5.32 Å². The molecule has 0 fully saturated rings. The first-order chi connectivity index (χ1) is 11.5. The van der Waals surface area contributed by atoms with Gasteiger partial charge in [-0.25, -0.2) is 0 Å². The Morgan fingerprint density at radius 1 is 1.42 bits per heavy atom. The SMILES string of the molecule is CC(C)C(=O)N1Cc2ccnn2C(CC(=O)NCc2cccs2)C1. The highest BCUT2D eigenvalue weighted by atomic mass is 32.1. The highest BCUT2D eigenvalue weighted by molar-refractivity contribution is 7.09. The molecule has 1 aliphatic rings. The molecule has 0 radical (unpaired) electrons. The Labute approximate surface area is 145 Å². The van der Waals surface area contributed by atoms with Gasteiger partial charge >= 0.3 is 0 Å². The Hall–Kier alpha value is -2.15. The maximum Gasteiger partial charge on any atom is 0.225 e. The van der Waals surface area contributed by atoms with Crippen LogP contribution in [-0.2, 0) is 22.7 Å². The van der Waals surface area contributed by atoms with Crippen LogP contribution in [0.1, 0.15) is 36.9 Å². The van der Waals surface area contributed by atoms with Gasteiger partial charge in [-0.05, 0) is 17.5 Å². The van der Waals surface area contributed by atoms with E-state index in [0.717, 1.165) is 10.6 Å². The van der Waals surface area contributed by atoms with E-state index >= 15 is 0 Å². The topological polar surface area (TPSA) is 67.2 Å². The Balaban J connectivity index is 1.65. The average molecular weight is 346 g/mol. The number of aromatic nitrogens is 2. The van der Waals surface area contributed by atoms with Crippen LogP contribution in [0.2, 0.25) is 0 Å². The summed E-state index contributed by atoms with van der Waals surface area (Å²) in [7, 11) is 0. The molecule has 1 atom stereocenters. The fraction of sp³-hybridized carbons (Fsp3) is 0.471. The molecule has 2 amide bonds. The third kappa shape index (κ3) is 3.67. The lowest BCUT2D eigenvalue weighted by atomic mass is 10.1. The Bertz CT molecular complexity index is 708. The zero-order valence-electron chi connectivity index (χ0n) is 13.9. The first-order valence-electron chi connectivity index (χ1n) is 8.15. The maximum atomic E-state index is 12.3. The lowest BCUT2D eigenvalue weighted by Gasteiger charge is -2.34. The summed E-state index contributed by atoms with van der Waals surface area (Å²) in [4.78, 5) is 27.6. The molecule has 24 heavy (non-hydrogen) atoms. The smallest absolute Gasteiger partial charge is 0.225 e.